The lowest BCUT2D eigenvalue weighted by atomic mass is 9.94. The molecule has 134 valence electrons. The lowest BCUT2D eigenvalue weighted by molar-refractivity contribution is -0.145. The van der Waals surface area contributed by atoms with Crippen LogP contribution in [-0.4, -0.2) is 35.2 Å². The standard InChI is InChI=1S/C18H25Br2NO3/c1-3-16(18(22)23)24-17-12(9-13(19)10-15(17)20)11-21(2)14-7-5-4-6-8-14/h9-10,14,16H,3-8,11H2,1-2H3,(H,22,23). The third kappa shape index (κ3) is 5.20. The molecule has 1 atom stereocenters. The fourth-order valence-electron chi connectivity index (χ4n) is 3.23. The average Bonchev–Trinajstić information content (AvgIpc) is 2.54. The van der Waals surface area contributed by atoms with Gasteiger partial charge in [0, 0.05) is 22.6 Å². The summed E-state index contributed by atoms with van der Waals surface area (Å²) in [5.74, 6) is -0.297. The molecule has 0 radical (unpaired) electrons. The monoisotopic (exact) mass is 461 g/mol. The van der Waals surface area contributed by atoms with Crippen molar-refractivity contribution in [1.82, 2.24) is 4.90 Å². The van der Waals surface area contributed by atoms with Crippen LogP contribution in [-0.2, 0) is 11.3 Å². The third-order valence-corrected chi connectivity index (χ3v) is 5.66. The molecule has 1 aliphatic rings. The maximum absolute atomic E-state index is 11.3. The van der Waals surface area contributed by atoms with Crippen LogP contribution in [0.2, 0.25) is 0 Å². The molecule has 1 saturated carbocycles. The topological polar surface area (TPSA) is 49.8 Å². The van der Waals surface area contributed by atoms with Crippen molar-refractivity contribution in [3.8, 4) is 5.75 Å². The lowest BCUT2D eigenvalue weighted by Crippen LogP contribution is -2.33. The Morgan fingerprint density at radius 1 is 1.33 bits per heavy atom. The number of carbonyl (C=O) groups is 1. The highest BCUT2D eigenvalue weighted by molar-refractivity contribution is 9.11. The summed E-state index contributed by atoms with van der Waals surface area (Å²) in [5, 5.41) is 9.30. The molecule has 1 aromatic rings. The minimum absolute atomic E-state index is 0.426. The van der Waals surface area contributed by atoms with Gasteiger partial charge in [-0.05, 0) is 54.4 Å². The van der Waals surface area contributed by atoms with Gasteiger partial charge in [-0.1, -0.05) is 42.1 Å². The van der Waals surface area contributed by atoms with Gasteiger partial charge in [-0.25, -0.2) is 4.79 Å². The second-order valence-electron chi connectivity index (χ2n) is 6.44. The van der Waals surface area contributed by atoms with Crippen LogP contribution in [0.4, 0.5) is 0 Å². The van der Waals surface area contributed by atoms with Crippen LogP contribution in [0.5, 0.6) is 5.75 Å². The van der Waals surface area contributed by atoms with Crippen LogP contribution < -0.4 is 4.74 Å². The van der Waals surface area contributed by atoms with Crippen LogP contribution in [0.1, 0.15) is 51.0 Å². The highest BCUT2D eigenvalue weighted by Crippen LogP contribution is 2.35. The number of carboxylic acid groups (broad SMARTS) is 1. The summed E-state index contributed by atoms with van der Waals surface area (Å²) in [4.78, 5) is 13.7. The van der Waals surface area contributed by atoms with Crippen molar-refractivity contribution >= 4 is 37.8 Å². The van der Waals surface area contributed by atoms with Crippen molar-refractivity contribution in [2.75, 3.05) is 7.05 Å². The molecule has 2 rings (SSSR count). The number of ether oxygens (including phenoxy) is 1. The van der Waals surface area contributed by atoms with E-state index in [4.69, 9.17) is 4.74 Å². The van der Waals surface area contributed by atoms with Crippen molar-refractivity contribution < 1.29 is 14.6 Å². The molecule has 1 unspecified atom stereocenters. The highest BCUT2D eigenvalue weighted by atomic mass is 79.9. The molecule has 0 heterocycles. The maximum Gasteiger partial charge on any atom is 0.344 e. The van der Waals surface area contributed by atoms with Crippen molar-refractivity contribution in [3.05, 3.63) is 26.6 Å². The Morgan fingerprint density at radius 3 is 2.58 bits per heavy atom. The number of hydrogen-bond donors (Lipinski definition) is 1. The van der Waals surface area contributed by atoms with Gasteiger partial charge in [0.15, 0.2) is 6.10 Å². The summed E-state index contributed by atoms with van der Waals surface area (Å²) in [7, 11) is 2.14. The zero-order valence-corrected chi connectivity index (χ0v) is 17.4. The summed E-state index contributed by atoms with van der Waals surface area (Å²) >= 11 is 7.05. The number of nitrogens with zero attached hydrogens (tertiary/aromatic N) is 1. The molecule has 0 aliphatic heterocycles. The molecule has 6 heteroatoms. The predicted molar refractivity (Wildman–Crippen MR) is 103 cm³/mol. The first-order valence-corrected chi connectivity index (χ1v) is 10.1. The minimum atomic E-state index is -0.932. The average molecular weight is 463 g/mol. The summed E-state index contributed by atoms with van der Waals surface area (Å²) in [6.07, 6.45) is 5.97. The summed E-state index contributed by atoms with van der Waals surface area (Å²) in [6, 6.07) is 4.51. The molecular formula is C18H25Br2NO3. The van der Waals surface area contributed by atoms with E-state index in [0.29, 0.717) is 18.2 Å². The quantitative estimate of drug-likeness (QED) is 0.603. The fourth-order valence-corrected chi connectivity index (χ4v) is 4.64. The van der Waals surface area contributed by atoms with Crippen LogP contribution in [0.3, 0.4) is 0 Å². The molecule has 1 aromatic carbocycles. The van der Waals surface area contributed by atoms with E-state index in [1.165, 1.54) is 32.1 Å². The zero-order chi connectivity index (χ0) is 17.7. The van der Waals surface area contributed by atoms with Gasteiger partial charge in [0.25, 0.3) is 0 Å². The number of carboxylic acids is 1. The van der Waals surface area contributed by atoms with Crippen LogP contribution >= 0.6 is 31.9 Å². The van der Waals surface area contributed by atoms with Crippen LogP contribution in [0.15, 0.2) is 21.1 Å². The highest BCUT2D eigenvalue weighted by Gasteiger charge is 2.23. The molecule has 0 saturated heterocycles. The predicted octanol–water partition coefficient (Wildman–Crippen LogP) is 5.22. The van der Waals surface area contributed by atoms with Gasteiger partial charge in [-0.2, -0.15) is 0 Å². The summed E-state index contributed by atoms with van der Waals surface area (Å²) in [6.45, 7) is 2.56. The van der Waals surface area contributed by atoms with E-state index in [9.17, 15) is 9.90 Å². The Kier molecular flexibility index (Phi) is 7.57. The molecule has 0 spiro atoms. The molecule has 4 nitrogen and oxygen atoms in total. The van der Waals surface area contributed by atoms with E-state index in [1.54, 1.807) is 0 Å². The van der Waals surface area contributed by atoms with Crippen molar-refractivity contribution in [2.45, 2.75) is 64.1 Å². The van der Waals surface area contributed by atoms with Crippen LogP contribution in [0.25, 0.3) is 0 Å². The van der Waals surface area contributed by atoms with Gasteiger partial charge in [0.05, 0.1) is 4.47 Å². The van der Waals surface area contributed by atoms with E-state index in [-0.39, 0.29) is 0 Å². The fraction of sp³-hybridized carbons (Fsp3) is 0.611. The summed E-state index contributed by atoms with van der Waals surface area (Å²) < 4.78 is 7.57. The Labute approximate surface area is 160 Å². The first-order chi connectivity index (χ1) is 11.4. The molecule has 1 N–H and O–H groups in total. The smallest absolute Gasteiger partial charge is 0.344 e. The zero-order valence-electron chi connectivity index (χ0n) is 14.2. The first-order valence-electron chi connectivity index (χ1n) is 8.50. The van der Waals surface area contributed by atoms with Gasteiger partial charge in [0.1, 0.15) is 5.75 Å². The second-order valence-corrected chi connectivity index (χ2v) is 8.21. The number of benzene rings is 1. The van der Waals surface area contributed by atoms with Gasteiger partial charge in [-0.3, -0.25) is 4.90 Å². The normalized spacial score (nSPS) is 17.0. The summed E-state index contributed by atoms with van der Waals surface area (Å²) in [5.41, 5.74) is 1.00. The molecule has 0 amide bonds. The van der Waals surface area contributed by atoms with E-state index in [2.05, 4.69) is 43.8 Å². The van der Waals surface area contributed by atoms with Gasteiger partial charge in [-0.15, -0.1) is 0 Å². The SMILES string of the molecule is CCC(Oc1c(Br)cc(Br)cc1CN(C)C1CCCCC1)C(=O)O. The largest absolute Gasteiger partial charge is 0.479 e. The van der Waals surface area contributed by atoms with Crippen molar-refractivity contribution in [3.63, 3.8) is 0 Å². The molecular weight excluding hydrogens is 438 g/mol. The van der Waals surface area contributed by atoms with E-state index in [1.807, 2.05) is 19.1 Å². The van der Waals surface area contributed by atoms with Crippen molar-refractivity contribution in [1.29, 1.82) is 0 Å². The second kappa shape index (κ2) is 9.20. The van der Waals surface area contributed by atoms with Crippen LogP contribution in [0, 0.1) is 0 Å². The molecule has 1 aliphatic carbocycles. The number of hydrogen-bond acceptors (Lipinski definition) is 3. The molecule has 0 aromatic heterocycles. The Hall–Kier alpha value is -0.590. The molecule has 1 fully saturated rings. The Morgan fingerprint density at radius 2 is 2.00 bits per heavy atom. The molecule has 24 heavy (non-hydrogen) atoms. The maximum atomic E-state index is 11.3. The number of aliphatic carboxylic acids is 1. The Balaban J connectivity index is 2.22. The number of rotatable bonds is 7. The van der Waals surface area contributed by atoms with Gasteiger partial charge in [0.2, 0.25) is 0 Å². The van der Waals surface area contributed by atoms with E-state index >= 15 is 0 Å². The van der Waals surface area contributed by atoms with Crippen molar-refractivity contribution in [2.24, 2.45) is 0 Å². The minimum Gasteiger partial charge on any atom is -0.479 e. The number of halogens is 2. The van der Waals surface area contributed by atoms with E-state index in [0.717, 1.165) is 21.1 Å². The Bertz CT molecular complexity index is 574. The third-order valence-electron chi connectivity index (χ3n) is 4.61. The first kappa shape index (κ1) is 19.7. The molecule has 0 bridgehead atoms. The lowest BCUT2D eigenvalue weighted by Gasteiger charge is -2.32. The van der Waals surface area contributed by atoms with Gasteiger partial charge < -0.3 is 9.84 Å². The van der Waals surface area contributed by atoms with E-state index < -0.39 is 12.1 Å². The van der Waals surface area contributed by atoms with Gasteiger partial charge >= 0.3 is 5.97 Å².